The minimum Gasteiger partial charge on any atom is -0.489 e. The van der Waals surface area contributed by atoms with Gasteiger partial charge in [0, 0.05) is 11.0 Å². The Balaban J connectivity index is 2.53. The van der Waals surface area contributed by atoms with E-state index in [1.807, 2.05) is 18.2 Å². The van der Waals surface area contributed by atoms with Crippen molar-refractivity contribution in [2.75, 3.05) is 13.1 Å². The van der Waals surface area contributed by atoms with Crippen molar-refractivity contribution in [3.63, 3.8) is 0 Å². The fourth-order valence-corrected chi connectivity index (χ4v) is 1.56. The smallest absolute Gasteiger partial charge is 0.120 e. The van der Waals surface area contributed by atoms with Crippen LogP contribution < -0.4 is 10.1 Å². The third-order valence-corrected chi connectivity index (χ3v) is 3.04. The third-order valence-electron chi connectivity index (χ3n) is 2.15. The largest absolute Gasteiger partial charge is 0.489 e. The van der Waals surface area contributed by atoms with Crippen LogP contribution in [0, 0.1) is 6.92 Å². The number of hydrogen-bond donors (Lipinski definition) is 1. The van der Waals surface area contributed by atoms with Gasteiger partial charge in [0.1, 0.15) is 11.9 Å². The lowest BCUT2D eigenvalue weighted by Gasteiger charge is -2.15. The second-order valence-corrected chi connectivity index (χ2v) is 4.50. The zero-order valence-electron chi connectivity index (χ0n) is 9.51. The molecule has 0 aliphatic rings. The first-order valence-electron chi connectivity index (χ1n) is 5.27. The topological polar surface area (TPSA) is 21.3 Å². The molecule has 0 aliphatic heterocycles. The quantitative estimate of drug-likeness (QED) is 0.889. The molecule has 1 aromatic carbocycles. The highest BCUT2D eigenvalue weighted by atomic mass is 79.9. The Labute approximate surface area is 100 Å². The number of nitrogens with one attached hydrogen (secondary N) is 1. The van der Waals surface area contributed by atoms with Gasteiger partial charge in [0.15, 0.2) is 0 Å². The number of aryl methyl sites for hydroxylation is 1. The Hall–Kier alpha value is -0.540. The van der Waals surface area contributed by atoms with Gasteiger partial charge in [-0.1, -0.05) is 22.9 Å². The molecular formula is C12H18BrNO. The van der Waals surface area contributed by atoms with Crippen molar-refractivity contribution >= 4 is 15.9 Å². The van der Waals surface area contributed by atoms with Crippen molar-refractivity contribution in [1.82, 2.24) is 5.32 Å². The van der Waals surface area contributed by atoms with Gasteiger partial charge in [-0.25, -0.2) is 0 Å². The molecule has 0 saturated carbocycles. The van der Waals surface area contributed by atoms with Gasteiger partial charge >= 0.3 is 0 Å². The van der Waals surface area contributed by atoms with Gasteiger partial charge in [-0.05, 0) is 44.2 Å². The predicted molar refractivity (Wildman–Crippen MR) is 67.5 cm³/mol. The summed E-state index contributed by atoms with van der Waals surface area (Å²) in [6.07, 6.45) is 0.200. The molecule has 0 saturated heterocycles. The van der Waals surface area contributed by atoms with Crippen LogP contribution in [0.4, 0.5) is 0 Å². The van der Waals surface area contributed by atoms with E-state index >= 15 is 0 Å². The summed E-state index contributed by atoms with van der Waals surface area (Å²) in [6, 6.07) is 6.05. The average Bonchev–Trinajstić information content (AvgIpc) is 2.20. The normalized spacial score (nSPS) is 12.5. The fourth-order valence-electron chi connectivity index (χ4n) is 1.31. The van der Waals surface area contributed by atoms with Crippen molar-refractivity contribution < 1.29 is 4.74 Å². The number of benzene rings is 1. The van der Waals surface area contributed by atoms with Crippen LogP contribution in [0.1, 0.15) is 19.4 Å². The number of ether oxygens (including phenoxy) is 1. The van der Waals surface area contributed by atoms with Crippen molar-refractivity contribution in [2.45, 2.75) is 26.9 Å². The summed E-state index contributed by atoms with van der Waals surface area (Å²) in [4.78, 5) is 0. The summed E-state index contributed by atoms with van der Waals surface area (Å²) >= 11 is 3.47. The van der Waals surface area contributed by atoms with E-state index in [9.17, 15) is 0 Å². The molecule has 1 atom stereocenters. The maximum atomic E-state index is 5.77. The number of likely N-dealkylation sites (N-methyl/N-ethyl adjacent to an activating group) is 1. The number of halogens is 1. The molecule has 0 heterocycles. The molecule has 1 N–H and O–H groups in total. The highest BCUT2D eigenvalue weighted by Gasteiger charge is 2.04. The average molecular weight is 272 g/mol. The molecule has 0 aliphatic carbocycles. The van der Waals surface area contributed by atoms with E-state index in [4.69, 9.17) is 4.74 Å². The van der Waals surface area contributed by atoms with Crippen molar-refractivity contribution in [3.05, 3.63) is 28.2 Å². The zero-order chi connectivity index (χ0) is 11.3. The molecule has 1 rings (SSSR count). The molecule has 15 heavy (non-hydrogen) atoms. The number of hydrogen-bond acceptors (Lipinski definition) is 2. The maximum Gasteiger partial charge on any atom is 0.120 e. The lowest BCUT2D eigenvalue weighted by atomic mass is 10.2. The number of rotatable bonds is 5. The van der Waals surface area contributed by atoms with Crippen molar-refractivity contribution in [1.29, 1.82) is 0 Å². The van der Waals surface area contributed by atoms with E-state index in [1.165, 1.54) is 5.56 Å². The Kier molecular flexibility index (Phi) is 5.12. The maximum absolute atomic E-state index is 5.77. The van der Waals surface area contributed by atoms with E-state index in [-0.39, 0.29) is 6.10 Å². The molecule has 1 unspecified atom stereocenters. The molecule has 2 nitrogen and oxygen atoms in total. The zero-order valence-corrected chi connectivity index (χ0v) is 11.1. The molecule has 0 amide bonds. The standard InChI is InChI=1S/C12H18BrNO/c1-4-14-8-10(3)15-11-5-6-12(13)9(2)7-11/h5-7,10,14H,4,8H2,1-3H3. The summed E-state index contributed by atoms with van der Waals surface area (Å²) in [7, 11) is 0. The lowest BCUT2D eigenvalue weighted by molar-refractivity contribution is 0.218. The summed E-state index contributed by atoms with van der Waals surface area (Å²) < 4.78 is 6.89. The van der Waals surface area contributed by atoms with E-state index in [2.05, 4.69) is 42.0 Å². The minimum atomic E-state index is 0.200. The summed E-state index contributed by atoms with van der Waals surface area (Å²) in [6.45, 7) is 8.08. The van der Waals surface area contributed by atoms with Gasteiger partial charge in [0.05, 0.1) is 0 Å². The van der Waals surface area contributed by atoms with Gasteiger partial charge < -0.3 is 10.1 Å². The molecule has 1 aromatic rings. The first kappa shape index (κ1) is 12.5. The second-order valence-electron chi connectivity index (χ2n) is 3.65. The SMILES string of the molecule is CCNCC(C)Oc1ccc(Br)c(C)c1. The minimum absolute atomic E-state index is 0.200. The summed E-state index contributed by atoms with van der Waals surface area (Å²) in [5, 5.41) is 3.26. The molecule has 0 aromatic heterocycles. The second kappa shape index (κ2) is 6.13. The van der Waals surface area contributed by atoms with E-state index in [0.717, 1.165) is 23.3 Å². The lowest BCUT2D eigenvalue weighted by Crippen LogP contribution is -2.28. The Morgan fingerprint density at radius 1 is 1.47 bits per heavy atom. The molecule has 0 bridgehead atoms. The van der Waals surface area contributed by atoms with Crippen molar-refractivity contribution in [2.24, 2.45) is 0 Å². The Morgan fingerprint density at radius 2 is 2.20 bits per heavy atom. The van der Waals surface area contributed by atoms with Crippen LogP contribution in [0.3, 0.4) is 0 Å². The Morgan fingerprint density at radius 3 is 2.80 bits per heavy atom. The highest BCUT2D eigenvalue weighted by Crippen LogP contribution is 2.22. The molecular weight excluding hydrogens is 254 g/mol. The van der Waals surface area contributed by atoms with E-state index in [1.54, 1.807) is 0 Å². The molecule has 0 spiro atoms. The van der Waals surface area contributed by atoms with Gasteiger partial charge in [-0.15, -0.1) is 0 Å². The summed E-state index contributed by atoms with van der Waals surface area (Å²) in [5.74, 6) is 0.932. The van der Waals surface area contributed by atoms with E-state index in [0.29, 0.717) is 0 Å². The van der Waals surface area contributed by atoms with Crippen LogP contribution in [0.15, 0.2) is 22.7 Å². The van der Waals surface area contributed by atoms with E-state index < -0.39 is 0 Å². The molecule has 0 radical (unpaired) electrons. The monoisotopic (exact) mass is 271 g/mol. The van der Waals surface area contributed by atoms with Crippen LogP contribution in [0.5, 0.6) is 5.75 Å². The van der Waals surface area contributed by atoms with Crippen LogP contribution in [-0.4, -0.2) is 19.2 Å². The molecule has 0 fully saturated rings. The highest BCUT2D eigenvalue weighted by molar-refractivity contribution is 9.10. The Bertz CT molecular complexity index is 314. The van der Waals surface area contributed by atoms with Crippen LogP contribution in [0.2, 0.25) is 0 Å². The van der Waals surface area contributed by atoms with Gasteiger partial charge in [0.25, 0.3) is 0 Å². The first-order valence-corrected chi connectivity index (χ1v) is 6.06. The predicted octanol–water partition coefficient (Wildman–Crippen LogP) is 3.13. The fraction of sp³-hybridized carbons (Fsp3) is 0.500. The van der Waals surface area contributed by atoms with Crippen LogP contribution in [0.25, 0.3) is 0 Å². The molecule has 3 heteroatoms. The van der Waals surface area contributed by atoms with Gasteiger partial charge in [0.2, 0.25) is 0 Å². The van der Waals surface area contributed by atoms with Crippen LogP contribution in [-0.2, 0) is 0 Å². The van der Waals surface area contributed by atoms with Crippen molar-refractivity contribution in [3.8, 4) is 5.75 Å². The van der Waals surface area contributed by atoms with Gasteiger partial charge in [-0.2, -0.15) is 0 Å². The third kappa shape index (κ3) is 4.22. The molecule has 84 valence electrons. The van der Waals surface area contributed by atoms with Crippen LogP contribution >= 0.6 is 15.9 Å². The summed E-state index contributed by atoms with van der Waals surface area (Å²) in [5.41, 5.74) is 1.20. The van der Waals surface area contributed by atoms with Gasteiger partial charge in [-0.3, -0.25) is 0 Å². The first-order chi connectivity index (χ1) is 7.13.